The molecular formula is C68H109NO8. The van der Waals surface area contributed by atoms with Crippen molar-refractivity contribution in [3.63, 3.8) is 0 Å². The van der Waals surface area contributed by atoms with Gasteiger partial charge in [-0.3, -0.25) is 9.59 Å². The van der Waals surface area contributed by atoms with Crippen LogP contribution in [0.25, 0.3) is 0 Å². The summed E-state index contributed by atoms with van der Waals surface area (Å²) in [7, 11) is 5.90. The average molecular weight is 1070 g/mol. The van der Waals surface area contributed by atoms with Crippen LogP contribution < -0.4 is 5.11 Å². The first-order valence-electron chi connectivity index (χ1n) is 30.0. The summed E-state index contributed by atoms with van der Waals surface area (Å²) in [6, 6.07) is 0. The zero-order chi connectivity index (χ0) is 56.2. The molecule has 0 spiro atoms. The fourth-order valence-corrected chi connectivity index (χ4v) is 7.54. The van der Waals surface area contributed by atoms with Gasteiger partial charge < -0.3 is 33.3 Å². The highest BCUT2D eigenvalue weighted by Crippen LogP contribution is 2.14. The SMILES string of the molecule is CC/C=C\C/C=C\C/C=C\C/C=C\C/C=C\C/C=C\C/C=C\C/C=C\C/C=C\CCCCCCCCCC(=O)OC(COC(=O)CCCCCCCCC/C=C\C/C=C\C/C=C\CC)COC(OCC[N+](C)(C)C)C(=O)[O-]. The van der Waals surface area contributed by atoms with Crippen LogP contribution in [0.4, 0.5) is 0 Å². The lowest BCUT2D eigenvalue weighted by Crippen LogP contribution is -2.44. The molecule has 0 aliphatic rings. The Morgan fingerprint density at radius 3 is 1.04 bits per heavy atom. The third-order valence-corrected chi connectivity index (χ3v) is 12.1. The first kappa shape index (κ1) is 72.2. The summed E-state index contributed by atoms with van der Waals surface area (Å²) in [6.07, 6.45) is 80.4. The van der Waals surface area contributed by atoms with Crippen LogP contribution in [0.3, 0.4) is 0 Å². The van der Waals surface area contributed by atoms with Crippen molar-refractivity contribution in [3.8, 4) is 0 Å². The van der Waals surface area contributed by atoms with Gasteiger partial charge in [-0.1, -0.05) is 224 Å². The van der Waals surface area contributed by atoms with Gasteiger partial charge in [0, 0.05) is 12.8 Å². The molecule has 2 atom stereocenters. The summed E-state index contributed by atoms with van der Waals surface area (Å²) in [5, 5.41) is 11.8. The molecular weight excluding hydrogens is 959 g/mol. The van der Waals surface area contributed by atoms with E-state index in [0.717, 1.165) is 135 Å². The number of carbonyl (C=O) groups is 3. The first-order valence-corrected chi connectivity index (χ1v) is 30.0. The Labute approximate surface area is 471 Å². The molecule has 0 bridgehead atoms. The number of unbranched alkanes of at least 4 members (excludes halogenated alkanes) is 14. The minimum Gasteiger partial charge on any atom is -0.545 e. The Hall–Kier alpha value is -4.83. The maximum absolute atomic E-state index is 12.9. The third kappa shape index (κ3) is 58.7. The van der Waals surface area contributed by atoms with E-state index in [-0.39, 0.29) is 38.6 Å². The largest absolute Gasteiger partial charge is 0.545 e. The lowest BCUT2D eigenvalue weighted by Gasteiger charge is -2.26. The highest BCUT2D eigenvalue weighted by atomic mass is 16.7. The van der Waals surface area contributed by atoms with Gasteiger partial charge in [-0.25, -0.2) is 0 Å². The minimum atomic E-state index is -1.64. The number of hydrogen-bond acceptors (Lipinski definition) is 8. The lowest BCUT2D eigenvalue weighted by molar-refractivity contribution is -0.870. The van der Waals surface area contributed by atoms with Gasteiger partial charge in [-0.15, -0.1) is 0 Å². The van der Waals surface area contributed by atoms with Gasteiger partial charge in [0.1, 0.15) is 13.2 Å². The Balaban J connectivity index is 4.27. The van der Waals surface area contributed by atoms with Crippen LogP contribution in [-0.2, 0) is 33.3 Å². The van der Waals surface area contributed by atoms with E-state index in [2.05, 4.69) is 160 Å². The van der Waals surface area contributed by atoms with Crippen molar-refractivity contribution < 1.29 is 42.9 Å². The second-order valence-corrected chi connectivity index (χ2v) is 20.5. The zero-order valence-electron chi connectivity index (χ0n) is 49.3. The van der Waals surface area contributed by atoms with Crippen LogP contribution in [0.15, 0.2) is 146 Å². The maximum Gasteiger partial charge on any atom is 0.306 e. The van der Waals surface area contributed by atoms with Crippen LogP contribution in [0.5, 0.6) is 0 Å². The number of carboxylic acid groups (broad SMARTS) is 1. The second kappa shape index (κ2) is 57.3. The highest BCUT2D eigenvalue weighted by molar-refractivity contribution is 5.70. The lowest BCUT2D eigenvalue weighted by atomic mass is 10.1. The summed E-state index contributed by atoms with van der Waals surface area (Å²) in [5.41, 5.74) is 0. The molecule has 0 saturated carbocycles. The van der Waals surface area contributed by atoms with E-state index < -0.39 is 24.3 Å². The van der Waals surface area contributed by atoms with E-state index in [0.29, 0.717) is 17.4 Å². The summed E-state index contributed by atoms with van der Waals surface area (Å²) in [5.74, 6) is -2.33. The molecule has 0 aromatic carbocycles. The molecule has 0 aromatic heterocycles. The van der Waals surface area contributed by atoms with Crippen molar-refractivity contribution in [1.82, 2.24) is 0 Å². The number of esters is 2. The maximum atomic E-state index is 12.9. The van der Waals surface area contributed by atoms with E-state index in [4.69, 9.17) is 18.9 Å². The quantitative estimate of drug-likeness (QED) is 0.0195. The number of ether oxygens (including phenoxy) is 4. The fraction of sp³-hybridized carbons (Fsp3) is 0.603. The van der Waals surface area contributed by atoms with Crippen LogP contribution in [0.2, 0.25) is 0 Å². The molecule has 0 rings (SSSR count). The number of aliphatic carboxylic acids is 1. The van der Waals surface area contributed by atoms with Gasteiger partial charge in [-0.2, -0.15) is 0 Å². The smallest absolute Gasteiger partial charge is 0.306 e. The number of allylic oxidation sites excluding steroid dienone is 24. The molecule has 0 amide bonds. The molecule has 2 unspecified atom stereocenters. The Bertz CT molecular complexity index is 1770. The van der Waals surface area contributed by atoms with Crippen LogP contribution >= 0.6 is 0 Å². The predicted octanol–water partition coefficient (Wildman–Crippen LogP) is 16.7. The van der Waals surface area contributed by atoms with E-state index in [1.807, 2.05) is 21.1 Å². The molecule has 434 valence electrons. The number of nitrogens with zero attached hydrogens (tertiary/aromatic N) is 1. The molecule has 0 aliphatic heterocycles. The average Bonchev–Trinajstić information content (AvgIpc) is 3.40. The topological polar surface area (TPSA) is 111 Å². The summed E-state index contributed by atoms with van der Waals surface area (Å²) in [4.78, 5) is 37.3. The molecule has 0 aromatic rings. The molecule has 0 radical (unpaired) electrons. The van der Waals surface area contributed by atoms with Gasteiger partial charge in [0.15, 0.2) is 12.4 Å². The van der Waals surface area contributed by atoms with Crippen molar-refractivity contribution in [3.05, 3.63) is 146 Å². The van der Waals surface area contributed by atoms with Crippen molar-refractivity contribution in [2.45, 2.75) is 219 Å². The van der Waals surface area contributed by atoms with Crippen molar-refractivity contribution in [1.29, 1.82) is 0 Å². The summed E-state index contributed by atoms with van der Waals surface area (Å²) < 4.78 is 22.7. The molecule has 9 nitrogen and oxygen atoms in total. The monoisotopic (exact) mass is 1070 g/mol. The zero-order valence-corrected chi connectivity index (χ0v) is 49.3. The third-order valence-electron chi connectivity index (χ3n) is 12.1. The van der Waals surface area contributed by atoms with Crippen molar-refractivity contribution >= 4 is 17.9 Å². The minimum absolute atomic E-state index is 0.135. The van der Waals surface area contributed by atoms with Gasteiger partial charge in [0.2, 0.25) is 0 Å². The summed E-state index contributed by atoms with van der Waals surface area (Å²) >= 11 is 0. The van der Waals surface area contributed by atoms with E-state index in [9.17, 15) is 19.5 Å². The number of carboxylic acids is 1. The molecule has 9 heteroatoms. The highest BCUT2D eigenvalue weighted by Gasteiger charge is 2.22. The number of rotatable bonds is 53. The number of likely N-dealkylation sites (N-methyl/N-ethyl adjacent to an activating group) is 1. The normalized spacial score (nSPS) is 13.8. The van der Waals surface area contributed by atoms with Crippen LogP contribution in [0, 0.1) is 0 Å². The van der Waals surface area contributed by atoms with Gasteiger partial charge in [0.05, 0.1) is 40.3 Å². The summed E-state index contributed by atoms with van der Waals surface area (Å²) in [6.45, 7) is 4.47. The Morgan fingerprint density at radius 2 is 0.701 bits per heavy atom. The predicted molar refractivity (Wildman–Crippen MR) is 324 cm³/mol. The number of quaternary nitrogens is 1. The number of hydrogen-bond donors (Lipinski definition) is 0. The molecule has 0 N–H and O–H groups in total. The van der Waals surface area contributed by atoms with E-state index in [1.165, 1.54) is 38.5 Å². The molecule has 0 heterocycles. The number of carbonyl (C=O) groups excluding carboxylic acids is 3. The first-order chi connectivity index (χ1) is 37.6. The Kier molecular flexibility index (Phi) is 53.8. The molecule has 77 heavy (non-hydrogen) atoms. The standard InChI is InChI=1S/C68H109NO8/c1-6-8-10-12-14-16-18-20-22-24-25-26-27-28-29-30-31-32-33-34-35-36-37-38-39-40-41-43-45-47-49-51-53-55-57-59-66(71)77-64(63-76-68(67(72)73)74-61-60-69(3,4)5)62-75-65(70)58-56-54-52-50-48-46-44-42-23-21-19-17-15-13-11-9-7-2/h8-11,14-17,20-23,25-26,28-29,31-32,34-35,37-38,40-41,64,68H,6-7,12-13,18-19,24,27,30,33,36,39,42-63H2,1-5H3/b10-8-,11-9-,16-14-,17-15-,22-20-,23-21-,26-25-,29-28-,32-31-,35-34-,38-37-,41-40-. The van der Waals surface area contributed by atoms with Crippen LogP contribution in [-0.4, -0.2) is 82.3 Å². The van der Waals surface area contributed by atoms with E-state index >= 15 is 0 Å². The van der Waals surface area contributed by atoms with Crippen molar-refractivity contribution in [2.24, 2.45) is 0 Å². The Morgan fingerprint density at radius 1 is 0.390 bits per heavy atom. The second-order valence-electron chi connectivity index (χ2n) is 20.5. The molecule has 0 saturated heterocycles. The van der Waals surface area contributed by atoms with Gasteiger partial charge in [-0.05, 0) is 116 Å². The molecule has 0 aliphatic carbocycles. The molecule has 0 fully saturated rings. The van der Waals surface area contributed by atoms with E-state index in [1.54, 1.807) is 0 Å². The van der Waals surface area contributed by atoms with Crippen LogP contribution in [0.1, 0.15) is 206 Å². The van der Waals surface area contributed by atoms with Gasteiger partial charge >= 0.3 is 11.9 Å². The van der Waals surface area contributed by atoms with Gasteiger partial charge in [0.25, 0.3) is 0 Å². The fourth-order valence-electron chi connectivity index (χ4n) is 7.54. The van der Waals surface area contributed by atoms with Crippen molar-refractivity contribution in [2.75, 3.05) is 47.5 Å².